The van der Waals surface area contributed by atoms with Crippen molar-refractivity contribution < 1.29 is 8.85 Å². The molecule has 0 aliphatic heterocycles. The highest BCUT2D eigenvalue weighted by atomic mass is 28.4. The van der Waals surface area contributed by atoms with E-state index in [0.717, 1.165) is 25.0 Å². The van der Waals surface area contributed by atoms with Crippen molar-refractivity contribution >= 4 is 8.72 Å². The van der Waals surface area contributed by atoms with E-state index in [1.165, 1.54) is 51.4 Å². The fourth-order valence-corrected chi connectivity index (χ4v) is 8.74. The summed E-state index contributed by atoms with van der Waals surface area (Å²) in [4.78, 5) is 4.02. The molecule has 0 saturated heterocycles. The lowest BCUT2D eigenvalue weighted by Crippen LogP contribution is -2.65. The Bertz CT molecular complexity index is 320. The molecule has 0 spiro atoms. The fraction of sp³-hybridized carbons (Fsp3) is 1.00. The predicted molar refractivity (Wildman–Crippen MR) is 94.9 cm³/mol. The maximum absolute atomic E-state index is 6.44. The highest BCUT2D eigenvalue weighted by Gasteiger charge is 2.51. The highest BCUT2D eigenvalue weighted by Crippen LogP contribution is 2.42. The third-order valence-electron chi connectivity index (χ3n) is 5.82. The minimum atomic E-state index is -2.34. The van der Waals surface area contributed by atoms with Gasteiger partial charge >= 0.3 is 8.72 Å². The van der Waals surface area contributed by atoms with Crippen LogP contribution in [-0.4, -0.2) is 28.0 Å². The van der Waals surface area contributed by atoms with Gasteiger partial charge in [-0.2, -0.15) is 0 Å². The van der Waals surface area contributed by atoms with E-state index < -0.39 is 8.72 Å². The van der Waals surface area contributed by atoms with Crippen molar-refractivity contribution in [1.29, 1.82) is 0 Å². The first-order chi connectivity index (χ1) is 10.6. The van der Waals surface area contributed by atoms with Crippen LogP contribution in [-0.2, 0) is 8.85 Å². The first kappa shape index (κ1) is 18.4. The van der Waals surface area contributed by atoms with Crippen LogP contribution >= 0.6 is 0 Å². The lowest BCUT2D eigenvalue weighted by atomic mass is 9.87. The van der Waals surface area contributed by atoms with Crippen LogP contribution in [0.5, 0.6) is 0 Å². The van der Waals surface area contributed by atoms with Gasteiger partial charge in [-0.25, -0.2) is 0 Å². The Hall–Kier alpha value is 0.0969. The molecule has 0 radical (unpaired) electrons. The Kier molecular flexibility index (Phi) is 7.38. The second-order valence-electron chi connectivity index (χ2n) is 7.41. The van der Waals surface area contributed by atoms with Crippen LogP contribution in [0.1, 0.15) is 79.1 Å². The second kappa shape index (κ2) is 8.81. The third kappa shape index (κ3) is 4.34. The van der Waals surface area contributed by atoms with E-state index in [0.29, 0.717) is 11.6 Å². The SMILES string of the molecule is CCO[Si](NC1CCCCC1C)(OCC)C1CCCCC1C. The molecule has 0 aromatic heterocycles. The molecule has 130 valence electrons. The van der Waals surface area contributed by atoms with Gasteiger partial charge in [0.15, 0.2) is 0 Å². The van der Waals surface area contributed by atoms with Crippen LogP contribution in [0, 0.1) is 11.8 Å². The molecule has 4 atom stereocenters. The summed E-state index contributed by atoms with van der Waals surface area (Å²) in [6, 6.07) is 0.590. The van der Waals surface area contributed by atoms with Crippen LogP contribution in [0.25, 0.3) is 0 Å². The van der Waals surface area contributed by atoms with Crippen molar-refractivity contribution in [2.75, 3.05) is 13.2 Å². The van der Waals surface area contributed by atoms with Gasteiger partial charge < -0.3 is 8.85 Å². The van der Waals surface area contributed by atoms with E-state index >= 15 is 0 Å². The van der Waals surface area contributed by atoms with Crippen molar-refractivity contribution in [3.63, 3.8) is 0 Å². The van der Waals surface area contributed by atoms with Crippen LogP contribution in [0.2, 0.25) is 5.54 Å². The Morgan fingerprint density at radius 2 is 1.36 bits per heavy atom. The largest absolute Gasteiger partial charge is 0.428 e. The summed E-state index contributed by atoms with van der Waals surface area (Å²) in [6.07, 6.45) is 10.7. The van der Waals surface area contributed by atoms with Crippen molar-refractivity contribution in [1.82, 2.24) is 4.98 Å². The molecule has 4 heteroatoms. The molecule has 22 heavy (non-hydrogen) atoms. The van der Waals surface area contributed by atoms with Crippen LogP contribution in [0.15, 0.2) is 0 Å². The molecule has 0 aromatic rings. The molecule has 2 fully saturated rings. The van der Waals surface area contributed by atoms with Crippen molar-refractivity contribution in [2.45, 2.75) is 90.6 Å². The molecule has 4 unspecified atom stereocenters. The van der Waals surface area contributed by atoms with E-state index in [4.69, 9.17) is 8.85 Å². The fourth-order valence-electron chi connectivity index (χ4n) is 4.54. The van der Waals surface area contributed by atoms with E-state index in [2.05, 4.69) is 32.7 Å². The summed E-state index contributed by atoms with van der Waals surface area (Å²) in [7, 11) is -2.34. The molecule has 1 N–H and O–H groups in total. The number of hydrogen-bond acceptors (Lipinski definition) is 3. The van der Waals surface area contributed by atoms with Crippen molar-refractivity contribution in [3.05, 3.63) is 0 Å². The zero-order valence-electron chi connectivity index (χ0n) is 15.2. The molecule has 0 amide bonds. The summed E-state index contributed by atoms with van der Waals surface area (Å²) in [5.41, 5.74) is 0.607. The normalized spacial score (nSPS) is 33.8. The number of hydrogen-bond donors (Lipinski definition) is 1. The summed E-state index contributed by atoms with van der Waals surface area (Å²) in [5.74, 6) is 1.48. The minimum Gasteiger partial charge on any atom is -0.383 e. The second-order valence-corrected chi connectivity index (χ2v) is 10.4. The van der Waals surface area contributed by atoms with Crippen LogP contribution < -0.4 is 4.98 Å². The molecule has 2 aliphatic rings. The van der Waals surface area contributed by atoms with E-state index in [1.807, 2.05) is 0 Å². The van der Waals surface area contributed by atoms with E-state index in [9.17, 15) is 0 Å². The summed E-state index contributed by atoms with van der Waals surface area (Å²) in [5, 5.41) is 0. The monoisotopic (exact) mass is 327 g/mol. The predicted octanol–water partition coefficient (Wildman–Crippen LogP) is 4.75. The van der Waals surface area contributed by atoms with Crippen molar-refractivity contribution in [2.24, 2.45) is 11.8 Å². The number of nitrogens with one attached hydrogen (secondary N) is 1. The van der Waals surface area contributed by atoms with Gasteiger partial charge in [-0.1, -0.05) is 46.0 Å². The summed E-state index contributed by atoms with van der Waals surface area (Å²) >= 11 is 0. The molecule has 3 nitrogen and oxygen atoms in total. The Morgan fingerprint density at radius 3 is 1.91 bits per heavy atom. The van der Waals surface area contributed by atoms with E-state index in [1.54, 1.807) is 0 Å². The lowest BCUT2D eigenvalue weighted by molar-refractivity contribution is 0.128. The lowest BCUT2D eigenvalue weighted by Gasteiger charge is -2.45. The minimum absolute atomic E-state index is 0.590. The average molecular weight is 328 g/mol. The zero-order chi connectivity index (χ0) is 16.0. The maximum atomic E-state index is 6.44. The maximum Gasteiger partial charge on any atom is 0.428 e. The summed E-state index contributed by atoms with van der Waals surface area (Å²) < 4.78 is 12.9. The third-order valence-corrected chi connectivity index (χ3v) is 9.86. The molecule has 2 saturated carbocycles. The molecule has 0 heterocycles. The van der Waals surface area contributed by atoms with E-state index in [-0.39, 0.29) is 0 Å². The van der Waals surface area contributed by atoms with Crippen LogP contribution in [0.3, 0.4) is 0 Å². The molecular weight excluding hydrogens is 290 g/mol. The standard InChI is InChI=1S/C18H37NO2Si/c1-5-20-22(21-6-2,18-14-10-8-12-16(18)4)19-17-13-9-7-11-15(17)3/h15-19H,5-14H2,1-4H3. The van der Waals surface area contributed by atoms with Gasteiger partial charge in [0.25, 0.3) is 0 Å². The Labute approximate surface area is 138 Å². The molecular formula is C18H37NO2Si. The van der Waals surface area contributed by atoms with Crippen molar-refractivity contribution in [3.8, 4) is 0 Å². The molecule has 0 bridgehead atoms. The van der Waals surface area contributed by atoms with Gasteiger partial charge in [0.05, 0.1) is 0 Å². The first-order valence-electron chi connectivity index (χ1n) is 9.68. The molecule has 2 aliphatic carbocycles. The van der Waals surface area contributed by atoms with Gasteiger partial charge in [-0.05, 0) is 44.9 Å². The quantitative estimate of drug-likeness (QED) is 0.685. The summed E-state index contributed by atoms with van der Waals surface area (Å²) in [6.45, 7) is 10.6. The average Bonchev–Trinajstić information content (AvgIpc) is 2.50. The molecule has 2 rings (SSSR count). The topological polar surface area (TPSA) is 30.5 Å². The van der Waals surface area contributed by atoms with Gasteiger partial charge in [0, 0.05) is 24.8 Å². The number of rotatable bonds is 7. The Morgan fingerprint density at radius 1 is 0.818 bits per heavy atom. The smallest absolute Gasteiger partial charge is 0.383 e. The van der Waals surface area contributed by atoms with Crippen LogP contribution in [0.4, 0.5) is 0 Å². The van der Waals surface area contributed by atoms with Gasteiger partial charge in [-0.15, -0.1) is 0 Å². The zero-order valence-corrected chi connectivity index (χ0v) is 16.2. The Balaban J connectivity index is 2.18. The van der Waals surface area contributed by atoms with Gasteiger partial charge in [0.2, 0.25) is 0 Å². The van der Waals surface area contributed by atoms with Gasteiger partial charge in [0.1, 0.15) is 0 Å². The highest BCUT2D eigenvalue weighted by molar-refractivity contribution is 6.66. The molecule has 0 aromatic carbocycles. The first-order valence-corrected chi connectivity index (χ1v) is 11.6. The van der Waals surface area contributed by atoms with Gasteiger partial charge in [-0.3, -0.25) is 4.98 Å².